The minimum Gasteiger partial charge on any atom is -0.334 e. The summed E-state index contributed by atoms with van der Waals surface area (Å²) in [5.41, 5.74) is 7.41. The lowest BCUT2D eigenvalue weighted by Crippen LogP contribution is -2.50. The Kier molecular flexibility index (Phi) is 4.63. The molecule has 1 heterocycles. The van der Waals surface area contributed by atoms with Gasteiger partial charge < -0.3 is 10.6 Å². The number of halogens is 1. The summed E-state index contributed by atoms with van der Waals surface area (Å²) in [5.74, 6) is 0.662. The number of hydrogen-bond acceptors (Lipinski definition) is 2. The summed E-state index contributed by atoms with van der Waals surface area (Å²) >= 11 is 3.58. The molecule has 1 aromatic carbocycles. The molecule has 19 heavy (non-hydrogen) atoms. The third kappa shape index (κ3) is 3.18. The number of hydrogen-bond donors (Lipinski definition) is 1. The van der Waals surface area contributed by atoms with Crippen LogP contribution in [0.4, 0.5) is 0 Å². The monoisotopic (exact) mass is 324 g/mol. The number of nitrogens with two attached hydrogens (primary N) is 1. The molecule has 1 aliphatic heterocycles. The van der Waals surface area contributed by atoms with Crippen molar-refractivity contribution in [2.75, 3.05) is 6.54 Å². The van der Waals surface area contributed by atoms with Gasteiger partial charge in [-0.05, 0) is 24.0 Å². The number of nitrogens with zero attached hydrogens (tertiary/aromatic N) is 1. The zero-order chi connectivity index (χ0) is 14.0. The third-order valence-electron chi connectivity index (χ3n) is 3.54. The van der Waals surface area contributed by atoms with E-state index >= 15 is 0 Å². The van der Waals surface area contributed by atoms with E-state index in [4.69, 9.17) is 5.73 Å². The average Bonchev–Trinajstić information content (AvgIpc) is 2.35. The summed E-state index contributed by atoms with van der Waals surface area (Å²) < 4.78 is 1.03. The molecule has 2 N–H and O–H groups in total. The van der Waals surface area contributed by atoms with Crippen molar-refractivity contribution in [2.24, 2.45) is 11.7 Å². The molecule has 0 spiro atoms. The maximum Gasteiger partial charge on any atom is 0.223 e. The molecule has 1 aromatic rings. The second-order valence-corrected chi connectivity index (χ2v) is 6.46. The van der Waals surface area contributed by atoms with Crippen molar-refractivity contribution in [3.8, 4) is 0 Å². The molecule has 4 heteroatoms. The number of carbonyl (C=O) groups excluding carboxylic acids is 1. The van der Waals surface area contributed by atoms with Crippen LogP contribution in [0.25, 0.3) is 0 Å². The molecule has 1 aliphatic rings. The Balaban J connectivity index is 2.36. The third-order valence-corrected chi connectivity index (χ3v) is 4.26. The standard InChI is InChI=1S/C15H21BrN2O/c1-10(2)9-18-14(19)8-7-13(17)15(18)11-5-3-4-6-12(11)16/h3-6,10,13,15H,7-9,17H2,1-2H3. The van der Waals surface area contributed by atoms with Gasteiger partial charge in [0.2, 0.25) is 5.91 Å². The van der Waals surface area contributed by atoms with E-state index < -0.39 is 0 Å². The van der Waals surface area contributed by atoms with Crippen molar-refractivity contribution in [3.63, 3.8) is 0 Å². The Morgan fingerprint density at radius 3 is 2.74 bits per heavy atom. The summed E-state index contributed by atoms with van der Waals surface area (Å²) in [6, 6.07) is 8.04. The van der Waals surface area contributed by atoms with E-state index in [0.29, 0.717) is 12.3 Å². The molecule has 0 aliphatic carbocycles. The zero-order valence-corrected chi connectivity index (χ0v) is 13.1. The zero-order valence-electron chi connectivity index (χ0n) is 11.5. The largest absolute Gasteiger partial charge is 0.334 e. The van der Waals surface area contributed by atoms with Gasteiger partial charge in [-0.2, -0.15) is 0 Å². The molecule has 1 saturated heterocycles. The maximum atomic E-state index is 12.2. The summed E-state index contributed by atoms with van der Waals surface area (Å²) in [7, 11) is 0. The Hall–Kier alpha value is -0.870. The van der Waals surface area contributed by atoms with E-state index in [1.54, 1.807) is 0 Å². The number of benzene rings is 1. The second-order valence-electron chi connectivity index (χ2n) is 5.61. The van der Waals surface area contributed by atoms with Crippen molar-refractivity contribution in [1.29, 1.82) is 0 Å². The van der Waals surface area contributed by atoms with Crippen LogP contribution in [0.1, 0.15) is 38.3 Å². The van der Waals surface area contributed by atoms with Gasteiger partial charge in [-0.3, -0.25) is 4.79 Å². The average molecular weight is 325 g/mol. The molecular weight excluding hydrogens is 304 g/mol. The summed E-state index contributed by atoms with van der Waals surface area (Å²) in [6.45, 7) is 5.02. The van der Waals surface area contributed by atoms with Crippen molar-refractivity contribution < 1.29 is 4.79 Å². The van der Waals surface area contributed by atoms with Gasteiger partial charge in [-0.25, -0.2) is 0 Å². The van der Waals surface area contributed by atoms with Crippen LogP contribution in [-0.2, 0) is 4.79 Å². The van der Waals surface area contributed by atoms with E-state index in [9.17, 15) is 4.79 Å². The lowest BCUT2D eigenvalue weighted by Gasteiger charge is -2.41. The minimum absolute atomic E-state index is 0.00940. The molecule has 1 amide bonds. The lowest BCUT2D eigenvalue weighted by atomic mass is 9.90. The first-order valence-electron chi connectivity index (χ1n) is 6.80. The van der Waals surface area contributed by atoms with Crippen LogP contribution in [0, 0.1) is 5.92 Å². The van der Waals surface area contributed by atoms with E-state index in [1.165, 1.54) is 0 Å². The Morgan fingerprint density at radius 2 is 2.11 bits per heavy atom. The van der Waals surface area contributed by atoms with Crippen molar-refractivity contribution in [1.82, 2.24) is 4.90 Å². The van der Waals surface area contributed by atoms with Gasteiger partial charge in [-0.15, -0.1) is 0 Å². The van der Waals surface area contributed by atoms with Crippen molar-refractivity contribution in [3.05, 3.63) is 34.3 Å². The first-order chi connectivity index (χ1) is 9.00. The van der Waals surface area contributed by atoms with Crippen molar-refractivity contribution >= 4 is 21.8 Å². The maximum absolute atomic E-state index is 12.2. The lowest BCUT2D eigenvalue weighted by molar-refractivity contribution is -0.138. The predicted molar refractivity (Wildman–Crippen MR) is 80.6 cm³/mol. The first kappa shape index (κ1) is 14.5. The Bertz CT molecular complexity index is 461. The smallest absolute Gasteiger partial charge is 0.223 e. The first-order valence-corrected chi connectivity index (χ1v) is 7.59. The highest BCUT2D eigenvalue weighted by Crippen LogP contribution is 2.35. The van der Waals surface area contributed by atoms with Crippen LogP contribution >= 0.6 is 15.9 Å². The van der Waals surface area contributed by atoms with Crippen LogP contribution in [0.15, 0.2) is 28.7 Å². The molecule has 0 aromatic heterocycles. The fourth-order valence-electron chi connectivity index (χ4n) is 2.70. The molecule has 2 unspecified atom stereocenters. The molecule has 1 fully saturated rings. The van der Waals surface area contributed by atoms with Crippen LogP contribution < -0.4 is 5.73 Å². The van der Waals surface area contributed by atoms with Gasteiger partial charge in [0.1, 0.15) is 0 Å². The normalized spacial score (nSPS) is 24.1. The van der Waals surface area contributed by atoms with Crippen LogP contribution in [0.2, 0.25) is 0 Å². The Morgan fingerprint density at radius 1 is 1.42 bits per heavy atom. The fourth-order valence-corrected chi connectivity index (χ4v) is 3.22. The van der Waals surface area contributed by atoms with Crippen LogP contribution in [0.5, 0.6) is 0 Å². The summed E-state index contributed by atoms with van der Waals surface area (Å²) in [4.78, 5) is 14.2. The molecule has 2 atom stereocenters. The number of piperidine rings is 1. The molecule has 0 saturated carbocycles. The summed E-state index contributed by atoms with van der Waals surface area (Å²) in [5, 5.41) is 0. The molecule has 0 bridgehead atoms. The molecule has 104 valence electrons. The molecule has 0 radical (unpaired) electrons. The highest BCUT2D eigenvalue weighted by atomic mass is 79.9. The Labute approximate surface area is 123 Å². The van der Waals surface area contributed by atoms with E-state index in [1.807, 2.05) is 23.1 Å². The fraction of sp³-hybridized carbons (Fsp3) is 0.533. The number of carbonyl (C=O) groups is 1. The van der Waals surface area contributed by atoms with E-state index in [0.717, 1.165) is 23.0 Å². The topological polar surface area (TPSA) is 46.3 Å². The van der Waals surface area contributed by atoms with Gasteiger partial charge in [0.25, 0.3) is 0 Å². The molecule has 2 rings (SSSR count). The van der Waals surface area contributed by atoms with Gasteiger partial charge in [0.05, 0.1) is 6.04 Å². The van der Waals surface area contributed by atoms with Gasteiger partial charge in [0, 0.05) is 23.5 Å². The highest BCUT2D eigenvalue weighted by molar-refractivity contribution is 9.10. The van der Waals surface area contributed by atoms with Gasteiger partial charge in [-0.1, -0.05) is 48.0 Å². The summed E-state index contributed by atoms with van der Waals surface area (Å²) in [6.07, 6.45) is 1.33. The van der Waals surface area contributed by atoms with Gasteiger partial charge in [0.15, 0.2) is 0 Å². The van der Waals surface area contributed by atoms with Crippen molar-refractivity contribution in [2.45, 2.75) is 38.8 Å². The van der Waals surface area contributed by atoms with E-state index in [2.05, 4.69) is 35.8 Å². The number of likely N-dealkylation sites (tertiary alicyclic amines) is 1. The predicted octanol–water partition coefficient (Wildman–Crippen LogP) is 3.10. The van der Waals surface area contributed by atoms with E-state index in [-0.39, 0.29) is 18.0 Å². The van der Waals surface area contributed by atoms with Crippen LogP contribution in [0.3, 0.4) is 0 Å². The molecule has 3 nitrogen and oxygen atoms in total. The quantitative estimate of drug-likeness (QED) is 0.928. The van der Waals surface area contributed by atoms with Crippen LogP contribution in [-0.4, -0.2) is 23.4 Å². The number of rotatable bonds is 3. The molecular formula is C15H21BrN2O. The highest BCUT2D eigenvalue weighted by Gasteiger charge is 2.35. The van der Waals surface area contributed by atoms with Gasteiger partial charge >= 0.3 is 0 Å². The number of amides is 1. The SMILES string of the molecule is CC(C)CN1C(=O)CCC(N)C1c1ccccc1Br. The minimum atomic E-state index is -0.0146. The second kappa shape index (κ2) is 6.06.